The number of nitrogens with one attached hydrogen (secondary N) is 1. The first kappa shape index (κ1) is 15.7. The van der Waals surface area contributed by atoms with Gasteiger partial charge >= 0.3 is 0 Å². The zero-order chi connectivity index (χ0) is 14.3. The minimum atomic E-state index is 0.153. The zero-order valence-electron chi connectivity index (χ0n) is 12.3. The molecule has 0 atom stereocenters. The van der Waals surface area contributed by atoms with Gasteiger partial charge in [-0.2, -0.15) is 0 Å². The van der Waals surface area contributed by atoms with Crippen LogP contribution >= 0.6 is 0 Å². The molecule has 0 aromatic heterocycles. The normalized spacial score (nSPS) is 11.2. The summed E-state index contributed by atoms with van der Waals surface area (Å²) in [5, 5.41) is 7.62. The van der Waals surface area contributed by atoms with E-state index >= 15 is 0 Å². The molecule has 0 bridgehead atoms. The van der Waals surface area contributed by atoms with Gasteiger partial charge in [0.15, 0.2) is 0 Å². The lowest BCUT2D eigenvalue weighted by atomic mass is 10.1. The number of hydrogen-bond donors (Lipinski definition) is 2. The molecule has 0 unspecified atom stereocenters. The molecule has 0 aliphatic carbocycles. The van der Waals surface area contributed by atoms with E-state index in [1.54, 1.807) is 0 Å². The molecule has 0 aliphatic heterocycles. The van der Waals surface area contributed by atoms with Crippen LogP contribution in [0.3, 0.4) is 0 Å². The van der Waals surface area contributed by atoms with E-state index < -0.39 is 0 Å². The molecule has 1 aromatic carbocycles. The third-order valence-electron chi connectivity index (χ3n) is 3.23. The van der Waals surface area contributed by atoms with Crippen LogP contribution in [0.1, 0.15) is 24.5 Å². The number of rotatable bonds is 8. The highest BCUT2D eigenvalue weighted by molar-refractivity contribution is 5.96. The highest BCUT2D eigenvalue weighted by atomic mass is 15.1. The molecule has 1 aromatic rings. The van der Waals surface area contributed by atoms with Crippen molar-refractivity contribution < 1.29 is 0 Å². The van der Waals surface area contributed by atoms with Gasteiger partial charge in [0.2, 0.25) is 0 Å². The Balaban J connectivity index is 2.62. The van der Waals surface area contributed by atoms with Crippen LogP contribution in [0.2, 0.25) is 0 Å². The zero-order valence-corrected chi connectivity index (χ0v) is 12.3. The van der Waals surface area contributed by atoms with E-state index in [2.05, 4.69) is 36.9 Å². The van der Waals surface area contributed by atoms with Crippen LogP contribution in [0.5, 0.6) is 0 Å². The average Bonchev–Trinajstić information content (AvgIpc) is 2.37. The van der Waals surface area contributed by atoms with Gasteiger partial charge in [-0.05, 0) is 45.7 Å². The van der Waals surface area contributed by atoms with E-state index in [1.807, 2.05) is 18.2 Å². The lowest BCUT2D eigenvalue weighted by Crippen LogP contribution is -2.28. The van der Waals surface area contributed by atoms with Gasteiger partial charge in [0, 0.05) is 12.1 Å². The van der Waals surface area contributed by atoms with Crippen molar-refractivity contribution in [2.45, 2.75) is 19.9 Å². The first-order valence-electron chi connectivity index (χ1n) is 6.84. The van der Waals surface area contributed by atoms with Gasteiger partial charge < -0.3 is 10.6 Å². The number of benzene rings is 1. The summed E-state index contributed by atoms with van der Waals surface area (Å²) in [6.07, 6.45) is 1.16. The van der Waals surface area contributed by atoms with E-state index in [1.165, 1.54) is 0 Å². The Bertz CT molecular complexity index is 401. The maximum Gasteiger partial charge on any atom is 0.123 e. The van der Waals surface area contributed by atoms with Crippen molar-refractivity contribution in [3.63, 3.8) is 0 Å². The van der Waals surface area contributed by atoms with Gasteiger partial charge in [-0.25, -0.2) is 0 Å². The Labute approximate surface area is 116 Å². The topological polar surface area (TPSA) is 56.4 Å². The van der Waals surface area contributed by atoms with Crippen molar-refractivity contribution in [1.29, 1.82) is 5.41 Å². The number of nitrogens with zero attached hydrogens (tertiary/aromatic N) is 2. The molecular formula is C15H26N4. The molecule has 0 saturated carbocycles. The predicted octanol–water partition coefficient (Wildman–Crippen LogP) is 1.74. The molecule has 0 saturated heterocycles. The fourth-order valence-corrected chi connectivity index (χ4v) is 2.12. The highest BCUT2D eigenvalue weighted by Gasteiger charge is 2.09. The number of nitrogen functional groups attached to an aromatic ring is 1. The largest absolute Gasteiger partial charge is 0.384 e. The molecule has 3 N–H and O–H groups in total. The number of hydrogen-bond acceptors (Lipinski definition) is 3. The Morgan fingerprint density at radius 1 is 1.21 bits per heavy atom. The molecule has 4 heteroatoms. The summed E-state index contributed by atoms with van der Waals surface area (Å²) in [5.41, 5.74) is 7.63. The minimum Gasteiger partial charge on any atom is -0.384 e. The standard InChI is InChI=1S/C15H26N4/c1-4-19(11-7-10-18(2)3)12-13-8-5-6-9-14(13)15(16)17/h5-6,8-9H,4,7,10-12H2,1-3H3,(H3,16,17). The minimum absolute atomic E-state index is 0.153. The predicted molar refractivity (Wildman–Crippen MR) is 81.6 cm³/mol. The first-order chi connectivity index (χ1) is 9.04. The van der Waals surface area contributed by atoms with Gasteiger partial charge in [-0.3, -0.25) is 10.3 Å². The Kier molecular flexibility index (Phi) is 6.53. The Hall–Kier alpha value is -1.39. The van der Waals surface area contributed by atoms with Crippen molar-refractivity contribution in [1.82, 2.24) is 9.80 Å². The molecule has 0 radical (unpaired) electrons. The average molecular weight is 262 g/mol. The van der Waals surface area contributed by atoms with Crippen LogP contribution in [0.15, 0.2) is 24.3 Å². The van der Waals surface area contributed by atoms with E-state index in [9.17, 15) is 0 Å². The molecule has 106 valence electrons. The molecule has 0 amide bonds. The summed E-state index contributed by atoms with van der Waals surface area (Å²) < 4.78 is 0. The molecule has 19 heavy (non-hydrogen) atoms. The van der Waals surface area contributed by atoms with Crippen LogP contribution in [-0.2, 0) is 6.54 Å². The quantitative estimate of drug-likeness (QED) is 0.554. The van der Waals surface area contributed by atoms with Gasteiger partial charge in [0.05, 0.1) is 0 Å². The lowest BCUT2D eigenvalue weighted by molar-refractivity contribution is 0.259. The summed E-state index contributed by atoms with van der Waals surface area (Å²) in [4.78, 5) is 4.60. The van der Waals surface area contributed by atoms with Crippen molar-refractivity contribution >= 4 is 5.84 Å². The van der Waals surface area contributed by atoms with Crippen molar-refractivity contribution in [2.24, 2.45) is 5.73 Å². The smallest absolute Gasteiger partial charge is 0.123 e. The van der Waals surface area contributed by atoms with Gasteiger partial charge in [0.1, 0.15) is 5.84 Å². The van der Waals surface area contributed by atoms with Gasteiger partial charge in [0.25, 0.3) is 0 Å². The highest BCUT2D eigenvalue weighted by Crippen LogP contribution is 2.11. The van der Waals surface area contributed by atoms with E-state index in [0.29, 0.717) is 0 Å². The second-order valence-electron chi connectivity index (χ2n) is 5.10. The van der Waals surface area contributed by atoms with Crippen molar-refractivity contribution in [2.75, 3.05) is 33.7 Å². The van der Waals surface area contributed by atoms with Gasteiger partial charge in [-0.1, -0.05) is 31.2 Å². The Morgan fingerprint density at radius 2 is 1.89 bits per heavy atom. The summed E-state index contributed by atoms with van der Waals surface area (Å²) in [6, 6.07) is 7.93. The number of nitrogens with two attached hydrogens (primary N) is 1. The molecular weight excluding hydrogens is 236 g/mol. The van der Waals surface area contributed by atoms with Crippen LogP contribution < -0.4 is 5.73 Å². The van der Waals surface area contributed by atoms with Crippen LogP contribution in [0.4, 0.5) is 0 Å². The maximum absolute atomic E-state index is 7.62. The monoisotopic (exact) mass is 262 g/mol. The molecule has 1 rings (SSSR count). The van der Waals surface area contributed by atoms with E-state index in [4.69, 9.17) is 11.1 Å². The first-order valence-corrected chi connectivity index (χ1v) is 6.84. The second-order valence-corrected chi connectivity index (χ2v) is 5.10. The molecule has 0 fully saturated rings. The summed E-state index contributed by atoms with van der Waals surface area (Å²) in [5.74, 6) is 0.153. The van der Waals surface area contributed by atoms with Crippen LogP contribution in [0.25, 0.3) is 0 Å². The fraction of sp³-hybridized carbons (Fsp3) is 0.533. The van der Waals surface area contributed by atoms with E-state index in [0.717, 1.165) is 43.7 Å². The molecule has 0 heterocycles. The molecule has 4 nitrogen and oxygen atoms in total. The SMILES string of the molecule is CCN(CCCN(C)C)Cc1ccccc1C(=N)N. The summed E-state index contributed by atoms with van der Waals surface area (Å²) >= 11 is 0. The molecule has 0 aliphatic rings. The van der Waals surface area contributed by atoms with Gasteiger partial charge in [-0.15, -0.1) is 0 Å². The Morgan fingerprint density at radius 3 is 2.47 bits per heavy atom. The third-order valence-corrected chi connectivity index (χ3v) is 3.23. The second kappa shape index (κ2) is 7.92. The molecule has 0 spiro atoms. The van der Waals surface area contributed by atoms with Crippen LogP contribution in [0, 0.1) is 5.41 Å². The summed E-state index contributed by atoms with van der Waals surface area (Å²) in [6.45, 7) is 6.22. The lowest BCUT2D eigenvalue weighted by Gasteiger charge is -2.22. The van der Waals surface area contributed by atoms with Crippen molar-refractivity contribution in [3.8, 4) is 0 Å². The summed E-state index contributed by atoms with van der Waals surface area (Å²) in [7, 11) is 4.20. The number of amidine groups is 1. The fourth-order valence-electron chi connectivity index (χ4n) is 2.12. The van der Waals surface area contributed by atoms with Crippen molar-refractivity contribution in [3.05, 3.63) is 35.4 Å². The van der Waals surface area contributed by atoms with E-state index in [-0.39, 0.29) is 5.84 Å². The van der Waals surface area contributed by atoms with Crippen LogP contribution in [-0.4, -0.2) is 49.4 Å². The third kappa shape index (κ3) is 5.41. The maximum atomic E-state index is 7.62.